The van der Waals surface area contributed by atoms with Crippen molar-refractivity contribution in [3.8, 4) is 0 Å². The molecule has 1 rings (SSSR count). The average molecular weight is 279 g/mol. The van der Waals surface area contributed by atoms with Crippen LogP contribution in [0.2, 0.25) is 0 Å². The van der Waals surface area contributed by atoms with Gasteiger partial charge in [-0.25, -0.2) is 4.79 Å². The van der Waals surface area contributed by atoms with E-state index < -0.39 is 12.1 Å². The first kappa shape index (κ1) is 17.0. The van der Waals surface area contributed by atoms with Crippen LogP contribution in [0.15, 0.2) is 0 Å². The summed E-state index contributed by atoms with van der Waals surface area (Å²) in [6.45, 7) is 5.16. The summed E-state index contributed by atoms with van der Waals surface area (Å²) >= 11 is 0. The minimum absolute atomic E-state index is 0. The number of carbonyl (C=O) groups is 2. The Morgan fingerprint density at radius 3 is 2.72 bits per heavy atom. The first-order valence-electron chi connectivity index (χ1n) is 6.20. The molecule has 0 aromatic heterocycles. The highest BCUT2D eigenvalue weighted by Gasteiger charge is 2.24. The first-order valence-corrected chi connectivity index (χ1v) is 6.20. The summed E-state index contributed by atoms with van der Waals surface area (Å²) in [5.41, 5.74) is 5.09. The lowest BCUT2D eigenvalue weighted by Crippen LogP contribution is -2.50. The van der Waals surface area contributed by atoms with Crippen LogP contribution in [0.5, 0.6) is 0 Å². The summed E-state index contributed by atoms with van der Waals surface area (Å²) in [6, 6.07) is -1.11. The molecule has 3 amide bonds. The summed E-state index contributed by atoms with van der Waals surface area (Å²) in [5, 5.41) is 5.76. The van der Waals surface area contributed by atoms with E-state index in [4.69, 9.17) is 5.73 Å². The Bertz CT molecular complexity index is 268. The van der Waals surface area contributed by atoms with Crippen molar-refractivity contribution >= 4 is 24.3 Å². The zero-order valence-corrected chi connectivity index (χ0v) is 11.6. The molecule has 1 fully saturated rings. The standard InChI is InChI=1S/C11H22N4O2.ClH/c1-2-4-9(14-11(12)17)10(16)15-7-3-5-13-6-8-15;/h9,13H,2-8H2,1H3,(H3,12,14,17);1H/t9-;/m1./s1. The number of halogens is 1. The van der Waals surface area contributed by atoms with Crippen LogP contribution in [0.3, 0.4) is 0 Å². The lowest BCUT2D eigenvalue weighted by molar-refractivity contribution is -0.133. The van der Waals surface area contributed by atoms with Crippen LogP contribution in [-0.2, 0) is 4.79 Å². The number of carbonyl (C=O) groups excluding carboxylic acids is 2. The van der Waals surface area contributed by atoms with Gasteiger partial charge in [0.25, 0.3) is 0 Å². The molecule has 1 atom stereocenters. The molecule has 0 radical (unpaired) electrons. The Kier molecular flexibility index (Phi) is 8.49. The normalized spacial score (nSPS) is 17.3. The first-order chi connectivity index (χ1) is 8.15. The Labute approximate surface area is 114 Å². The molecule has 6 nitrogen and oxygen atoms in total. The monoisotopic (exact) mass is 278 g/mol. The highest BCUT2D eigenvalue weighted by atomic mass is 35.5. The van der Waals surface area contributed by atoms with Gasteiger partial charge in [0.2, 0.25) is 5.91 Å². The van der Waals surface area contributed by atoms with E-state index in [1.54, 1.807) is 4.90 Å². The molecule has 0 spiro atoms. The number of nitrogens with one attached hydrogen (secondary N) is 2. The molecule has 1 aliphatic rings. The van der Waals surface area contributed by atoms with Gasteiger partial charge < -0.3 is 21.3 Å². The maximum atomic E-state index is 12.2. The van der Waals surface area contributed by atoms with Gasteiger partial charge in [-0.1, -0.05) is 13.3 Å². The van der Waals surface area contributed by atoms with Crippen molar-refractivity contribution in [2.24, 2.45) is 5.73 Å². The zero-order chi connectivity index (χ0) is 12.7. The fourth-order valence-electron chi connectivity index (χ4n) is 2.00. The molecule has 1 heterocycles. The molecule has 0 bridgehead atoms. The topological polar surface area (TPSA) is 87.5 Å². The third-order valence-electron chi connectivity index (χ3n) is 2.84. The fraction of sp³-hybridized carbons (Fsp3) is 0.818. The van der Waals surface area contributed by atoms with Crippen molar-refractivity contribution < 1.29 is 9.59 Å². The SMILES string of the molecule is CCC[C@@H](NC(N)=O)C(=O)N1CCCNCC1.Cl. The molecule has 1 aliphatic heterocycles. The van der Waals surface area contributed by atoms with Gasteiger partial charge in [-0.15, -0.1) is 12.4 Å². The van der Waals surface area contributed by atoms with Crippen LogP contribution < -0.4 is 16.4 Å². The third-order valence-corrected chi connectivity index (χ3v) is 2.84. The number of urea groups is 1. The zero-order valence-electron chi connectivity index (χ0n) is 10.8. The molecule has 1 saturated heterocycles. The highest BCUT2D eigenvalue weighted by molar-refractivity contribution is 5.86. The van der Waals surface area contributed by atoms with Gasteiger partial charge in [-0.2, -0.15) is 0 Å². The van der Waals surface area contributed by atoms with Gasteiger partial charge in [0.15, 0.2) is 0 Å². The summed E-state index contributed by atoms with van der Waals surface area (Å²) in [6.07, 6.45) is 2.41. The predicted molar refractivity (Wildman–Crippen MR) is 72.7 cm³/mol. The third kappa shape index (κ3) is 5.55. The van der Waals surface area contributed by atoms with Crippen LogP contribution in [0.25, 0.3) is 0 Å². The van der Waals surface area contributed by atoms with Gasteiger partial charge in [-0.05, 0) is 19.4 Å². The summed E-state index contributed by atoms with van der Waals surface area (Å²) in [5.74, 6) is -0.0191. The number of primary amides is 1. The van der Waals surface area contributed by atoms with Crippen molar-refractivity contribution in [2.75, 3.05) is 26.2 Å². The molecule has 0 unspecified atom stereocenters. The van der Waals surface area contributed by atoms with Crippen molar-refractivity contribution in [3.05, 3.63) is 0 Å². The molecule has 0 aromatic rings. The van der Waals surface area contributed by atoms with Crippen LogP contribution in [0.1, 0.15) is 26.2 Å². The Balaban J connectivity index is 0.00000289. The second-order valence-corrected chi connectivity index (χ2v) is 4.28. The molecule has 0 aliphatic carbocycles. The van der Waals surface area contributed by atoms with Crippen molar-refractivity contribution in [2.45, 2.75) is 32.2 Å². The van der Waals surface area contributed by atoms with E-state index in [-0.39, 0.29) is 18.3 Å². The van der Waals surface area contributed by atoms with E-state index in [1.807, 2.05) is 6.92 Å². The maximum Gasteiger partial charge on any atom is 0.312 e. The van der Waals surface area contributed by atoms with E-state index in [1.165, 1.54) is 0 Å². The van der Waals surface area contributed by atoms with Gasteiger partial charge >= 0.3 is 6.03 Å². The average Bonchev–Trinajstić information content (AvgIpc) is 2.55. The summed E-state index contributed by atoms with van der Waals surface area (Å²) in [7, 11) is 0. The molecule has 0 saturated carbocycles. The molecular weight excluding hydrogens is 256 g/mol. The molecular formula is C11H23ClN4O2. The predicted octanol–water partition coefficient (Wildman–Crippen LogP) is 0.0671. The lowest BCUT2D eigenvalue weighted by Gasteiger charge is -2.25. The quantitative estimate of drug-likeness (QED) is 0.680. The minimum Gasteiger partial charge on any atom is -0.352 e. The van der Waals surface area contributed by atoms with Gasteiger partial charge in [0.05, 0.1) is 0 Å². The van der Waals surface area contributed by atoms with Gasteiger partial charge in [0, 0.05) is 19.6 Å². The number of hydrogen-bond donors (Lipinski definition) is 3. The van der Waals surface area contributed by atoms with Crippen molar-refractivity contribution in [1.29, 1.82) is 0 Å². The molecule has 7 heteroatoms. The number of hydrogen-bond acceptors (Lipinski definition) is 3. The van der Waals surface area contributed by atoms with Crippen molar-refractivity contribution in [3.63, 3.8) is 0 Å². The minimum atomic E-state index is -0.634. The number of nitrogens with two attached hydrogens (primary N) is 1. The number of nitrogens with zero attached hydrogens (tertiary/aromatic N) is 1. The van der Waals surface area contributed by atoms with Gasteiger partial charge in [0.1, 0.15) is 6.04 Å². The number of amides is 3. The fourth-order valence-corrected chi connectivity index (χ4v) is 2.00. The number of rotatable bonds is 4. The Morgan fingerprint density at radius 1 is 1.39 bits per heavy atom. The molecule has 0 aromatic carbocycles. The second kappa shape index (κ2) is 8.99. The smallest absolute Gasteiger partial charge is 0.312 e. The largest absolute Gasteiger partial charge is 0.352 e. The van der Waals surface area contributed by atoms with E-state index >= 15 is 0 Å². The maximum absolute atomic E-state index is 12.2. The van der Waals surface area contributed by atoms with Crippen LogP contribution >= 0.6 is 12.4 Å². The van der Waals surface area contributed by atoms with Crippen LogP contribution in [0, 0.1) is 0 Å². The highest BCUT2D eigenvalue weighted by Crippen LogP contribution is 2.04. The van der Waals surface area contributed by atoms with E-state index in [2.05, 4.69) is 10.6 Å². The second-order valence-electron chi connectivity index (χ2n) is 4.28. The van der Waals surface area contributed by atoms with Gasteiger partial charge in [-0.3, -0.25) is 4.79 Å². The van der Waals surface area contributed by atoms with Crippen LogP contribution in [-0.4, -0.2) is 49.1 Å². The molecule has 18 heavy (non-hydrogen) atoms. The Morgan fingerprint density at radius 2 is 2.11 bits per heavy atom. The molecule has 106 valence electrons. The van der Waals surface area contributed by atoms with E-state index in [0.29, 0.717) is 13.0 Å². The van der Waals surface area contributed by atoms with Crippen LogP contribution in [0.4, 0.5) is 4.79 Å². The molecule has 4 N–H and O–H groups in total. The van der Waals surface area contributed by atoms with E-state index in [0.717, 1.165) is 32.5 Å². The van der Waals surface area contributed by atoms with E-state index in [9.17, 15) is 9.59 Å². The van der Waals surface area contributed by atoms with Crippen molar-refractivity contribution in [1.82, 2.24) is 15.5 Å². The summed E-state index contributed by atoms with van der Waals surface area (Å²) in [4.78, 5) is 24.9. The lowest BCUT2D eigenvalue weighted by atomic mass is 10.1. The summed E-state index contributed by atoms with van der Waals surface area (Å²) < 4.78 is 0. The Hall–Kier alpha value is -1.01.